The summed E-state index contributed by atoms with van der Waals surface area (Å²) in [5, 5.41) is 10.2. The lowest BCUT2D eigenvalue weighted by Gasteiger charge is -2.07. The molecule has 0 unspecified atom stereocenters. The van der Waals surface area contributed by atoms with E-state index in [-0.39, 0.29) is 6.61 Å². The first-order chi connectivity index (χ1) is 7.13. The van der Waals surface area contributed by atoms with Gasteiger partial charge in [0.05, 0.1) is 0 Å². The van der Waals surface area contributed by atoms with Gasteiger partial charge in [-0.1, -0.05) is 17.7 Å². The van der Waals surface area contributed by atoms with Gasteiger partial charge in [-0.15, -0.1) is 0 Å². The van der Waals surface area contributed by atoms with Crippen LogP contribution in [0.4, 0.5) is 0 Å². The summed E-state index contributed by atoms with van der Waals surface area (Å²) in [6, 6.07) is 5.69. The smallest absolute Gasteiger partial charge is 0.270 e. The highest BCUT2D eigenvalue weighted by molar-refractivity contribution is 5.78. The van der Waals surface area contributed by atoms with Crippen LogP contribution in [0.1, 0.15) is 11.1 Å². The number of aryl methyl sites for hydroxylation is 2. The number of nitrogens with zero attached hydrogens (tertiary/aromatic N) is 1. The van der Waals surface area contributed by atoms with Crippen molar-refractivity contribution >= 4 is 5.91 Å². The number of carbonyl (C=O) groups is 1. The Kier molecular flexibility index (Phi) is 3.69. The summed E-state index contributed by atoms with van der Waals surface area (Å²) >= 11 is 0. The van der Waals surface area contributed by atoms with Gasteiger partial charge in [-0.05, 0) is 25.5 Å². The zero-order chi connectivity index (χ0) is 11.3. The Bertz CT molecular complexity index is 408. The molecule has 1 rings (SSSR count). The van der Waals surface area contributed by atoms with Crippen LogP contribution in [0, 0.1) is 25.3 Å². The molecule has 0 saturated carbocycles. The first-order valence-electron chi connectivity index (χ1n) is 4.51. The highest BCUT2D eigenvalue weighted by Crippen LogP contribution is 2.18. The third-order valence-corrected chi connectivity index (χ3v) is 1.88. The Morgan fingerprint density at radius 3 is 2.87 bits per heavy atom. The summed E-state index contributed by atoms with van der Waals surface area (Å²) in [7, 11) is 0. The lowest BCUT2D eigenvalue weighted by Crippen LogP contribution is -2.24. The van der Waals surface area contributed by atoms with Crippen molar-refractivity contribution in [1.29, 1.82) is 5.26 Å². The predicted octanol–water partition coefficient (Wildman–Crippen LogP) is 1.28. The fraction of sp³-hybridized carbons (Fsp3) is 0.273. The number of hydrogen-bond acceptors (Lipinski definition) is 3. The Balaban J connectivity index is 2.59. The molecule has 4 nitrogen and oxygen atoms in total. The molecule has 0 radical (unpaired) electrons. The predicted molar refractivity (Wildman–Crippen MR) is 55.2 cm³/mol. The summed E-state index contributed by atoms with van der Waals surface area (Å²) in [6.45, 7) is 3.75. The van der Waals surface area contributed by atoms with Crippen molar-refractivity contribution in [3.05, 3.63) is 29.3 Å². The van der Waals surface area contributed by atoms with Gasteiger partial charge in [-0.3, -0.25) is 10.1 Å². The number of carbonyl (C=O) groups excluding carboxylic acids is 1. The van der Waals surface area contributed by atoms with Crippen molar-refractivity contribution in [3.63, 3.8) is 0 Å². The largest absolute Gasteiger partial charge is 0.483 e. The van der Waals surface area contributed by atoms with Gasteiger partial charge in [0.25, 0.3) is 5.91 Å². The molecule has 0 aliphatic rings. The van der Waals surface area contributed by atoms with E-state index < -0.39 is 5.91 Å². The van der Waals surface area contributed by atoms with Crippen LogP contribution >= 0.6 is 0 Å². The van der Waals surface area contributed by atoms with Crippen LogP contribution in [0.25, 0.3) is 0 Å². The average Bonchev–Trinajstić information content (AvgIpc) is 2.17. The quantitative estimate of drug-likeness (QED) is 0.596. The van der Waals surface area contributed by atoms with Gasteiger partial charge in [0.2, 0.25) is 0 Å². The Labute approximate surface area is 88.5 Å². The van der Waals surface area contributed by atoms with Gasteiger partial charge in [0.1, 0.15) is 5.75 Å². The minimum absolute atomic E-state index is 0.141. The molecular weight excluding hydrogens is 192 g/mol. The van der Waals surface area contributed by atoms with Gasteiger partial charge >= 0.3 is 0 Å². The van der Waals surface area contributed by atoms with Gasteiger partial charge < -0.3 is 4.74 Å². The molecule has 1 aromatic rings. The summed E-state index contributed by atoms with van der Waals surface area (Å²) in [4.78, 5) is 10.9. The van der Waals surface area contributed by atoms with E-state index in [1.807, 2.05) is 37.4 Å². The van der Waals surface area contributed by atoms with E-state index in [1.165, 1.54) is 0 Å². The standard InChI is InChI=1S/C11H12N2O2/c1-8-3-4-10(9(2)5-8)15-6-11(14)13-7-12/h3-5H,6H2,1-2H3,(H,13,14). The van der Waals surface area contributed by atoms with Gasteiger partial charge in [0, 0.05) is 0 Å². The molecule has 0 aliphatic heterocycles. The minimum atomic E-state index is -0.447. The maximum Gasteiger partial charge on any atom is 0.270 e. The molecule has 1 N–H and O–H groups in total. The van der Waals surface area contributed by atoms with Crippen molar-refractivity contribution in [2.45, 2.75) is 13.8 Å². The lowest BCUT2D eigenvalue weighted by molar-refractivity contribution is -0.121. The van der Waals surface area contributed by atoms with Gasteiger partial charge in [-0.2, -0.15) is 5.26 Å². The molecule has 4 heteroatoms. The zero-order valence-corrected chi connectivity index (χ0v) is 8.70. The number of nitriles is 1. The van der Waals surface area contributed by atoms with E-state index in [0.717, 1.165) is 11.1 Å². The molecule has 0 spiro atoms. The van der Waals surface area contributed by atoms with Crippen molar-refractivity contribution in [2.75, 3.05) is 6.61 Å². The highest BCUT2D eigenvalue weighted by atomic mass is 16.5. The SMILES string of the molecule is Cc1ccc(OCC(=O)NC#N)c(C)c1. The van der Waals surface area contributed by atoms with E-state index in [1.54, 1.807) is 6.19 Å². The highest BCUT2D eigenvalue weighted by Gasteiger charge is 2.03. The maximum absolute atomic E-state index is 10.9. The second-order valence-corrected chi connectivity index (χ2v) is 3.22. The molecule has 0 aromatic heterocycles. The average molecular weight is 204 g/mol. The topological polar surface area (TPSA) is 62.1 Å². The van der Waals surface area contributed by atoms with E-state index in [9.17, 15) is 4.79 Å². The molecule has 0 atom stereocenters. The Morgan fingerprint density at radius 1 is 1.53 bits per heavy atom. The number of rotatable bonds is 3. The first-order valence-corrected chi connectivity index (χ1v) is 4.51. The summed E-state index contributed by atoms with van der Waals surface area (Å²) < 4.78 is 5.24. The first kappa shape index (κ1) is 11.1. The number of benzene rings is 1. The van der Waals surface area contributed by atoms with Crippen molar-refractivity contribution in [3.8, 4) is 11.9 Å². The van der Waals surface area contributed by atoms with E-state index >= 15 is 0 Å². The van der Waals surface area contributed by atoms with Crippen LogP contribution in [-0.2, 0) is 4.79 Å². The van der Waals surface area contributed by atoms with Crippen LogP contribution in [0.5, 0.6) is 5.75 Å². The summed E-state index contributed by atoms with van der Waals surface area (Å²) in [6.07, 6.45) is 1.55. The number of ether oxygens (including phenoxy) is 1. The van der Waals surface area contributed by atoms with Crippen LogP contribution in [-0.4, -0.2) is 12.5 Å². The fourth-order valence-corrected chi connectivity index (χ4v) is 1.20. The number of hydrogen-bond donors (Lipinski definition) is 1. The summed E-state index contributed by atoms with van der Waals surface area (Å²) in [5.41, 5.74) is 2.11. The molecular formula is C11H12N2O2. The molecule has 78 valence electrons. The zero-order valence-electron chi connectivity index (χ0n) is 8.70. The van der Waals surface area contributed by atoms with Crippen LogP contribution in [0.15, 0.2) is 18.2 Å². The molecule has 0 bridgehead atoms. The van der Waals surface area contributed by atoms with Gasteiger partial charge in [-0.25, -0.2) is 0 Å². The van der Waals surface area contributed by atoms with E-state index in [0.29, 0.717) is 5.75 Å². The normalized spacial score (nSPS) is 9.13. The maximum atomic E-state index is 10.9. The van der Waals surface area contributed by atoms with E-state index in [2.05, 4.69) is 0 Å². The molecule has 0 heterocycles. The fourth-order valence-electron chi connectivity index (χ4n) is 1.20. The molecule has 1 aromatic carbocycles. The molecule has 15 heavy (non-hydrogen) atoms. The number of amides is 1. The van der Waals surface area contributed by atoms with Crippen LogP contribution < -0.4 is 10.1 Å². The molecule has 1 amide bonds. The van der Waals surface area contributed by atoms with Crippen molar-refractivity contribution in [2.24, 2.45) is 0 Å². The second-order valence-electron chi connectivity index (χ2n) is 3.22. The van der Waals surface area contributed by atoms with E-state index in [4.69, 9.17) is 10.00 Å². The number of nitrogens with one attached hydrogen (secondary N) is 1. The molecule has 0 saturated heterocycles. The van der Waals surface area contributed by atoms with Crippen molar-refractivity contribution < 1.29 is 9.53 Å². The third-order valence-electron chi connectivity index (χ3n) is 1.88. The second kappa shape index (κ2) is 5.01. The van der Waals surface area contributed by atoms with Crippen molar-refractivity contribution in [1.82, 2.24) is 5.32 Å². The van der Waals surface area contributed by atoms with Crippen LogP contribution in [0.3, 0.4) is 0 Å². The Morgan fingerprint density at radius 2 is 2.27 bits per heavy atom. The summed E-state index contributed by atoms with van der Waals surface area (Å²) in [5.74, 6) is 0.214. The monoisotopic (exact) mass is 204 g/mol. The molecule has 0 fully saturated rings. The minimum Gasteiger partial charge on any atom is -0.483 e. The third kappa shape index (κ3) is 3.31. The Hall–Kier alpha value is -2.02. The molecule has 0 aliphatic carbocycles. The lowest BCUT2D eigenvalue weighted by atomic mass is 10.1. The van der Waals surface area contributed by atoms with Gasteiger partial charge in [0.15, 0.2) is 12.8 Å². The van der Waals surface area contributed by atoms with Crippen LogP contribution in [0.2, 0.25) is 0 Å².